The van der Waals surface area contributed by atoms with E-state index in [4.69, 9.17) is 12.2 Å². The predicted octanol–water partition coefficient (Wildman–Crippen LogP) is 3.04. The third kappa shape index (κ3) is 4.26. The first-order valence-electron chi connectivity index (χ1n) is 9.69. The number of hydrogen-bond donors (Lipinski definition) is 1. The lowest BCUT2D eigenvalue weighted by molar-refractivity contribution is 0.0479. The van der Waals surface area contributed by atoms with Crippen LogP contribution in [0.2, 0.25) is 0 Å². The van der Waals surface area contributed by atoms with Gasteiger partial charge in [-0.05, 0) is 70.7 Å². The van der Waals surface area contributed by atoms with Crippen LogP contribution in [0.5, 0.6) is 0 Å². The highest BCUT2D eigenvalue weighted by atomic mass is 32.1. The maximum atomic E-state index is 13.0. The van der Waals surface area contributed by atoms with Crippen molar-refractivity contribution in [2.45, 2.75) is 58.9 Å². The van der Waals surface area contributed by atoms with Gasteiger partial charge in [0.1, 0.15) is 5.69 Å². The minimum atomic E-state index is -0.0240. The number of aryl methyl sites for hydroxylation is 2. The van der Waals surface area contributed by atoms with E-state index in [2.05, 4.69) is 16.5 Å². The Kier molecular flexibility index (Phi) is 6.29. The van der Waals surface area contributed by atoms with Crippen LogP contribution in [0.4, 0.5) is 0 Å². The number of nitrogens with one attached hydrogen (secondary N) is 1. The first kappa shape index (κ1) is 18.9. The second-order valence-corrected chi connectivity index (χ2v) is 7.37. The number of hydrogen-bond acceptors (Lipinski definition) is 3. The molecule has 1 amide bonds. The number of amides is 1. The Balaban J connectivity index is 1.59. The molecule has 0 saturated carbocycles. The van der Waals surface area contributed by atoms with Crippen molar-refractivity contribution in [1.82, 2.24) is 25.1 Å². The average Bonchev–Trinajstić information content (AvgIpc) is 3.28. The van der Waals surface area contributed by atoms with Crippen LogP contribution in [0, 0.1) is 6.92 Å². The fraction of sp³-hybridized carbons (Fsp3) is 0.632. The summed E-state index contributed by atoms with van der Waals surface area (Å²) in [5, 5.41) is 12.0. The van der Waals surface area contributed by atoms with Gasteiger partial charge in [-0.2, -0.15) is 5.10 Å². The molecule has 0 spiro atoms. The van der Waals surface area contributed by atoms with Gasteiger partial charge >= 0.3 is 0 Å². The van der Waals surface area contributed by atoms with E-state index in [1.807, 2.05) is 24.9 Å². The van der Waals surface area contributed by atoms with E-state index in [1.54, 1.807) is 9.69 Å². The van der Waals surface area contributed by atoms with E-state index in [0.29, 0.717) is 23.9 Å². The molecule has 1 N–H and O–H groups in total. The largest absolute Gasteiger partial charge is 0.361 e. The van der Waals surface area contributed by atoms with Gasteiger partial charge in [0.2, 0.25) is 0 Å². The number of hydrazine groups is 1. The number of aromatic nitrogens is 2. The quantitative estimate of drug-likeness (QED) is 0.633. The standard InChI is InChI=1S/C19H29N5OS/c1-3-22-17(14-15(2)21-22)18(25)23-12-7-13-24(23)19(26)20-11-10-16-8-5-4-6-9-16/h8,14H,3-7,9-13H2,1-2H3,(H,20,26). The normalized spacial score (nSPS) is 17.4. The third-order valence-electron chi connectivity index (χ3n) is 5.03. The fourth-order valence-electron chi connectivity index (χ4n) is 3.68. The molecule has 1 aliphatic carbocycles. The number of allylic oxidation sites excluding steroid dienone is 1. The molecule has 7 heteroatoms. The van der Waals surface area contributed by atoms with Gasteiger partial charge in [0.15, 0.2) is 5.11 Å². The summed E-state index contributed by atoms with van der Waals surface area (Å²) in [6.45, 7) is 6.89. The van der Waals surface area contributed by atoms with Crippen molar-refractivity contribution in [1.29, 1.82) is 0 Å². The van der Waals surface area contributed by atoms with Crippen LogP contribution in [0.15, 0.2) is 17.7 Å². The highest BCUT2D eigenvalue weighted by Gasteiger charge is 2.31. The lowest BCUT2D eigenvalue weighted by Crippen LogP contribution is -2.49. The van der Waals surface area contributed by atoms with Gasteiger partial charge in [0.25, 0.3) is 5.91 Å². The Morgan fingerprint density at radius 3 is 2.81 bits per heavy atom. The highest BCUT2D eigenvalue weighted by Crippen LogP contribution is 2.20. The van der Waals surface area contributed by atoms with Gasteiger partial charge in [-0.15, -0.1) is 0 Å². The van der Waals surface area contributed by atoms with Crippen molar-refractivity contribution in [2.75, 3.05) is 19.6 Å². The minimum Gasteiger partial charge on any atom is -0.361 e. The summed E-state index contributed by atoms with van der Waals surface area (Å²) in [6.07, 6.45) is 9.36. The van der Waals surface area contributed by atoms with Gasteiger partial charge in [-0.25, -0.2) is 5.01 Å². The maximum Gasteiger partial charge on any atom is 0.290 e. The van der Waals surface area contributed by atoms with Gasteiger partial charge in [-0.3, -0.25) is 14.5 Å². The van der Waals surface area contributed by atoms with Crippen molar-refractivity contribution in [3.63, 3.8) is 0 Å². The summed E-state index contributed by atoms with van der Waals surface area (Å²) >= 11 is 5.57. The fourth-order valence-corrected chi connectivity index (χ4v) is 3.97. The summed E-state index contributed by atoms with van der Waals surface area (Å²) in [7, 11) is 0. The number of thiocarbonyl (C=S) groups is 1. The van der Waals surface area contributed by atoms with Gasteiger partial charge in [0, 0.05) is 26.2 Å². The Morgan fingerprint density at radius 1 is 1.27 bits per heavy atom. The zero-order valence-corrected chi connectivity index (χ0v) is 16.6. The Labute approximate surface area is 161 Å². The molecule has 0 radical (unpaired) electrons. The number of carbonyl (C=O) groups excluding carboxylic acids is 1. The van der Waals surface area contributed by atoms with Crippen LogP contribution in [0.1, 0.15) is 61.6 Å². The smallest absolute Gasteiger partial charge is 0.290 e. The molecule has 1 saturated heterocycles. The van der Waals surface area contributed by atoms with Crippen LogP contribution >= 0.6 is 12.2 Å². The SMILES string of the molecule is CCn1nc(C)cc1C(=O)N1CCCN1C(=S)NCCC1=CCCCC1. The first-order valence-corrected chi connectivity index (χ1v) is 10.1. The Morgan fingerprint density at radius 2 is 2.08 bits per heavy atom. The number of carbonyl (C=O) groups is 1. The third-order valence-corrected chi connectivity index (χ3v) is 5.38. The molecule has 1 fully saturated rings. The first-order chi connectivity index (χ1) is 12.6. The molecular weight excluding hydrogens is 346 g/mol. The van der Waals surface area contributed by atoms with Crippen molar-refractivity contribution >= 4 is 23.2 Å². The molecule has 3 rings (SSSR count). The van der Waals surface area contributed by atoms with E-state index in [-0.39, 0.29) is 5.91 Å². The van der Waals surface area contributed by atoms with Crippen molar-refractivity contribution < 1.29 is 4.79 Å². The summed E-state index contributed by atoms with van der Waals surface area (Å²) in [5.74, 6) is -0.0240. The Hall–Kier alpha value is -1.89. The van der Waals surface area contributed by atoms with E-state index in [9.17, 15) is 4.79 Å². The lowest BCUT2D eigenvalue weighted by atomic mass is 9.97. The average molecular weight is 376 g/mol. The van der Waals surface area contributed by atoms with Crippen molar-refractivity contribution in [2.24, 2.45) is 0 Å². The second kappa shape index (κ2) is 8.66. The molecule has 0 aromatic carbocycles. The van der Waals surface area contributed by atoms with E-state index < -0.39 is 0 Å². The minimum absolute atomic E-state index is 0.0240. The van der Waals surface area contributed by atoms with Crippen molar-refractivity contribution in [3.8, 4) is 0 Å². The van der Waals surface area contributed by atoms with Crippen LogP contribution in [0.3, 0.4) is 0 Å². The molecule has 142 valence electrons. The molecule has 2 heterocycles. The molecule has 1 aliphatic heterocycles. The van der Waals surface area contributed by atoms with E-state index in [1.165, 1.54) is 31.3 Å². The zero-order valence-electron chi connectivity index (χ0n) is 15.8. The van der Waals surface area contributed by atoms with Crippen LogP contribution in [-0.2, 0) is 6.54 Å². The molecule has 26 heavy (non-hydrogen) atoms. The molecule has 0 atom stereocenters. The van der Waals surface area contributed by atoms with E-state index >= 15 is 0 Å². The van der Waals surface area contributed by atoms with E-state index in [0.717, 1.165) is 31.6 Å². The number of rotatable bonds is 5. The molecule has 0 bridgehead atoms. The second-order valence-electron chi connectivity index (χ2n) is 6.98. The zero-order chi connectivity index (χ0) is 18.5. The van der Waals surface area contributed by atoms with Crippen LogP contribution in [0.25, 0.3) is 0 Å². The molecule has 6 nitrogen and oxygen atoms in total. The predicted molar refractivity (Wildman–Crippen MR) is 107 cm³/mol. The number of nitrogens with zero attached hydrogens (tertiary/aromatic N) is 4. The van der Waals surface area contributed by atoms with Gasteiger partial charge in [-0.1, -0.05) is 11.6 Å². The summed E-state index contributed by atoms with van der Waals surface area (Å²) in [4.78, 5) is 13.0. The maximum absolute atomic E-state index is 13.0. The molecule has 1 aromatic heterocycles. The summed E-state index contributed by atoms with van der Waals surface area (Å²) in [6, 6.07) is 1.86. The Bertz CT molecular complexity index is 696. The molecule has 1 aromatic rings. The monoisotopic (exact) mass is 375 g/mol. The topological polar surface area (TPSA) is 53.4 Å². The van der Waals surface area contributed by atoms with Gasteiger partial charge in [0.05, 0.1) is 5.69 Å². The highest BCUT2D eigenvalue weighted by molar-refractivity contribution is 7.80. The lowest BCUT2D eigenvalue weighted by Gasteiger charge is -2.30. The molecule has 0 unspecified atom stereocenters. The van der Waals surface area contributed by atoms with Crippen LogP contribution in [-0.4, -0.2) is 50.5 Å². The van der Waals surface area contributed by atoms with Gasteiger partial charge < -0.3 is 5.32 Å². The van der Waals surface area contributed by atoms with Crippen LogP contribution < -0.4 is 5.32 Å². The molecular formula is C19H29N5OS. The summed E-state index contributed by atoms with van der Waals surface area (Å²) in [5.41, 5.74) is 3.03. The van der Waals surface area contributed by atoms with Crippen molar-refractivity contribution in [3.05, 3.63) is 29.1 Å². The summed E-state index contributed by atoms with van der Waals surface area (Å²) < 4.78 is 1.76. The molecule has 2 aliphatic rings.